The molecule has 0 radical (unpaired) electrons. The molecule has 1 aromatic rings. The first-order chi connectivity index (χ1) is 7.16. The Kier molecular flexibility index (Phi) is 3.07. The Balaban J connectivity index is 2.21. The fourth-order valence-electron chi connectivity index (χ4n) is 1.82. The molecule has 1 aliphatic rings. The Hall–Kier alpha value is -0.870. The highest BCUT2D eigenvalue weighted by Gasteiger charge is 2.26. The molecule has 1 heterocycles. The summed E-state index contributed by atoms with van der Waals surface area (Å²) in [5.41, 5.74) is 7.05. The fraction of sp³-hybridized carbons (Fsp3) is 0.364. The number of amides is 1. The zero-order chi connectivity index (χ0) is 10.8. The third-order valence-electron chi connectivity index (χ3n) is 2.68. The van der Waals surface area contributed by atoms with E-state index in [0.717, 1.165) is 16.5 Å². The van der Waals surface area contributed by atoms with Crippen molar-refractivity contribution in [2.45, 2.75) is 24.9 Å². The molecule has 0 saturated carbocycles. The lowest BCUT2D eigenvalue weighted by molar-refractivity contribution is -0.123. The summed E-state index contributed by atoms with van der Waals surface area (Å²) in [4.78, 5) is 11.3. The van der Waals surface area contributed by atoms with Crippen molar-refractivity contribution in [1.82, 2.24) is 5.32 Å². The van der Waals surface area contributed by atoms with Gasteiger partial charge in [-0.25, -0.2) is 0 Å². The lowest BCUT2D eigenvalue weighted by Crippen LogP contribution is -2.45. The van der Waals surface area contributed by atoms with Crippen LogP contribution in [0.4, 0.5) is 0 Å². The highest BCUT2D eigenvalue weighted by atomic mass is 79.9. The molecule has 3 nitrogen and oxygen atoms in total. The SMILES string of the molecule is NC1CCC(=O)NC1c1ccc(Br)cc1. The Morgan fingerprint density at radius 2 is 2.00 bits per heavy atom. The van der Waals surface area contributed by atoms with Crippen LogP contribution in [0, 0.1) is 0 Å². The van der Waals surface area contributed by atoms with Gasteiger partial charge >= 0.3 is 0 Å². The second-order valence-corrected chi connectivity index (χ2v) is 4.71. The molecule has 0 aliphatic carbocycles. The van der Waals surface area contributed by atoms with Gasteiger partial charge in [-0.1, -0.05) is 28.1 Å². The van der Waals surface area contributed by atoms with E-state index in [0.29, 0.717) is 6.42 Å². The molecule has 1 saturated heterocycles. The summed E-state index contributed by atoms with van der Waals surface area (Å²) in [5, 5.41) is 2.92. The van der Waals surface area contributed by atoms with Gasteiger partial charge in [0.1, 0.15) is 0 Å². The maximum atomic E-state index is 11.3. The standard InChI is InChI=1S/C11H13BrN2O/c12-8-3-1-7(2-4-8)11-9(13)5-6-10(15)14-11/h1-4,9,11H,5-6,13H2,(H,14,15). The largest absolute Gasteiger partial charge is 0.348 e. The number of carbonyl (C=O) groups excluding carboxylic acids is 1. The molecule has 0 spiro atoms. The van der Waals surface area contributed by atoms with Gasteiger partial charge in [0.15, 0.2) is 0 Å². The van der Waals surface area contributed by atoms with E-state index in [1.807, 2.05) is 24.3 Å². The van der Waals surface area contributed by atoms with Crippen LogP contribution in [0.3, 0.4) is 0 Å². The molecule has 1 aromatic carbocycles. The third kappa shape index (κ3) is 2.38. The zero-order valence-corrected chi connectivity index (χ0v) is 9.83. The molecule has 1 fully saturated rings. The number of halogens is 1. The summed E-state index contributed by atoms with van der Waals surface area (Å²) in [5.74, 6) is 0.0876. The lowest BCUT2D eigenvalue weighted by Gasteiger charge is -2.29. The van der Waals surface area contributed by atoms with Crippen LogP contribution >= 0.6 is 15.9 Å². The number of piperidine rings is 1. The normalized spacial score (nSPS) is 26.1. The van der Waals surface area contributed by atoms with Crippen molar-refractivity contribution in [3.63, 3.8) is 0 Å². The third-order valence-corrected chi connectivity index (χ3v) is 3.21. The number of hydrogen-bond acceptors (Lipinski definition) is 2. The van der Waals surface area contributed by atoms with E-state index in [2.05, 4.69) is 21.2 Å². The van der Waals surface area contributed by atoms with Crippen LogP contribution in [0.25, 0.3) is 0 Å². The van der Waals surface area contributed by atoms with Crippen molar-refractivity contribution in [3.8, 4) is 0 Å². The maximum Gasteiger partial charge on any atom is 0.220 e. The summed E-state index contributed by atoms with van der Waals surface area (Å²) in [6, 6.07) is 7.87. The molecule has 0 bridgehead atoms. The fourth-order valence-corrected chi connectivity index (χ4v) is 2.08. The summed E-state index contributed by atoms with van der Waals surface area (Å²) in [6.07, 6.45) is 1.29. The van der Waals surface area contributed by atoms with Crippen molar-refractivity contribution in [3.05, 3.63) is 34.3 Å². The molecule has 2 unspecified atom stereocenters. The monoisotopic (exact) mass is 268 g/mol. The van der Waals surface area contributed by atoms with Gasteiger partial charge in [0.05, 0.1) is 6.04 Å². The molecule has 1 amide bonds. The number of carbonyl (C=O) groups is 1. The summed E-state index contributed by atoms with van der Waals surface area (Å²) >= 11 is 3.38. The van der Waals surface area contributed by atoms with Gasteiger partial charge in [-0.3, -0.25) is 4.79 Å². The average Bonchev–Trinajstić information content (AvgIpc) is 2.23. The van der Waals surface area contributed by atoms with Crippen LogP contribution in [0.5, 0.6) is 0 Å². The van der Waals surface area contributed by atoms with Crippen molar-refractivity contribution in [1.29, 1.82) is 0 Å². The molecule has 0 aromatic heterocycles. The van der Waals surface area contributed by atoms with E-state index in [4.69, 9.17) is 5.73 Å². The van der Waals surface area contributed by atoms with E-state index in [9.17, 15) is 4.79 Å². The Bertz CT molecular complexity index is 363. The topological polar surface area (TPSA) is 55.1 Å². The van der Waals surface area contributed by atoms with Gasteiger partial charge in [0, 0.05) is 16.9 Å². The van der Waals surface area contributed by atoms with E-state index >= 15 is 0 Å². The molecule has 2 atom stereocenters. The van der Waals surface area contributed by atoms with Gasteiger partial charge in [0.2, 0.25) is 5.91 Å². The molecule has 2 rings (SSSR count). The predicted molar refractivity (Wildman–Crippen MR) is 62.2 cm³/mol. The van der Waals surface area contributed by atoms with E-state index in [1.54, 1.807) is 0 Å². The van der Waals surface area contributed by atoms with Crippen LogP contribution in [0.15, 0.2) is 28.7 Å². The second-order valence-electron chi connectivity index (χ2n) is 3.80. The van der Waals surface area contributed by atoms with Crippen molar-refractivity contribution in [2.24, 2.45) is 5.73 Å². The van der Waals surface area contributed by atoms with E-state index < -0.39 is 0 Å². The van der Waals surface area contributed by atoms with Crippen LogP contribution < -0.4 is 11.1 Å². The first kappa shape index (κ1) is 10.6. The number of nitrogens with two attached hydrogens (primary N) is 1. The van der Waals surface area contributed by atoms with Crippen molar-refractivity contribution in [2.75, 3.05) is 0 Å². The molecular formula is C11H13BrN2O. The van der Waals surface area contributed by atoms with E-state index in [1.165, 1.54) is 0 Å². The summed E-state index contributed by atoms with van der Waals surface area (Å²) in [7, 11) is 0. The highest BCUT2D eigenvalue weighted by molar-refractivity contribution is 9.10. The Morgan fingerprint density at radius 1 is 1.33 bits per heavy atom. The summed E-state index contributed by atoms with van der Waals surface area (Å²) < 4.78 is 1.03. The van der Waals surface area contributed by atoms with Gasteiger partial charge in [-0.2, -0.15) is 0 Å². The number of hydrogen-bond donors (Lipinski definition) is 2. The quantitative estimate of drug-likeness (QED) is 0.815. The molecule has 80 valence electrons. The lowest BCUT2D eigenvalue weighted by atomic mass is 9.93. The molecule has 1 aliphatic heterocycles. The van der Waals surface area contributed by atoms with Crippen LogP contribution in [0.1, 0.15) is 24.4 Å². The minimum Gasteiger partial charge on any atom is -0.348 e. The minimum atomic E-state index is -0.0423. The number of rotatable bonds is 1. The number of nitrogens with one attached hydrogen (secondary N) is 1. The first-order valence-electron chi connectivity index (χ1n) is 4.97. The predicted octanol–water partition coefficient (Wildman–Crippen LogP) is 1.73. The van der Waals surface area contributed by atoms with E-state index in [-0.39, 0.29) is 18.0 Å². The van der Waals surface area contributed by atoms with Gasteiger partial charge in [0.25, 0.3) is 0 Å². The zero-order valence-electron chi connectivity index (χ0n) is 8.24. The average molecular weight is 269 g/mol. The Morgan fingerprint density at radius 3 is 2.67 bits per heavy atom. The maximum absolute atomic E-state index is 11.3. The molecule has 3 N–H and O–H groups in total. The smallest absolute Gasteiger partial charge is 0.220 e. The van der Waals surface area contributed by atoms with Crippen molar-refractivity contribution >= 4 is 21.8 Å². The first-order valence-corrected chi connectivity index (χ1v) is 5.76. The van der Waals surface area contributed by atoms with Crippen molar-refractivity contribution < 1.29 is 4.79 Å². The second kappa shape index (κ2) is 4.33. The Labute approximate surface area is 97.2 Å². The van der Waals surface area contributed by atoms with Gasteiger partial charge in [-0.05, 0) is 24.1 Å². The van der Waals surface area contributed by atoms with Crippen LogP contribution in [-0.4, -0.2) is 11.9 Å². The summed E-state index contributed by atoms with van der Waals surface area (Å²) in [6.45, 7) is 0. The minimum absolute atomic E-state index is 0.0175. The molecular weight excluding hydrogens is 256 g/mol. The highest BCUT2D eigenvalue weighted by Crippen LogP contribution is 2.23. The van der Waals surface area contributed by atoms with Crippen LogP contribution in [0.2, 0.25) is 0 Å². The molecule has 4 heteroatoms. The van der Waals surface area contributed by atoms with Gasteiger partial charge < -0.3 is 11.1 Å². The molecule has 15 heavy (non-hydrogen) atoms. The number of benzene rings is 1. The van der Waals surface area contributed by atoms with Gasteiger partial charge in [-0.15, -0.1) is 0 Å². The van der Waals surface area contributed by atoms with Crippen LogP contribution in [-0.2, 0) is 4.79 Å².